The lowest BCUT2D eigenvalue weighted by atomic mass is 9.90. The Bertz CT molecular complexity index is 757. The standard InChI is InChI=1S/C20H28ClNO4S/c1-2-3-5-8-16(11-14-23)20(24)18-15-17(9-10-19(18)21)27(25,26)22-12-6-4-7-13-22/h9-10,14-16H,2-8,11-13H2,1H3. The normalized spacial score (nSPS) is 16.8. The lowest BCUT2D eigenvalue weighted by molar-refractivity contribution is -0.108. The fourth-order valence-corrected chi connectivity index (χ4v) is 5.20. The third kappa shape index (κ3) is 5.62. The second-order valence-electron chi connectivity index (χ2n) is 7.07. The zero-order valence-corrected chi connectivity index (χ0v) is 17.4. The molecule has 5 nitrogen and oxygen atoms in total. The summed E-state index contributed by atoms with van der Waals surface area (Å²) in [7, 11) is -3.64. The van der Waals surface area contributed by atoms with Gasteiger partial charge in [-0.2, -0.15) is 4.31 Å². The predicted octanol–water partition coefficient (Wildman–Crippen LogP) is 4.48. The summed E-state index contributed by atoms with van der Waals surface area (Å²) >= 11 is 6.21. The highest BCUT2D eigenvalue weighted by Crippen LogP contribution is 2.28. The van der Waals surface area contributed by atoms with Crippen molar-refractivity contribution in [1.82, 2.24) is 4.31 Å². The zero-order valence-electron chi connectivity index (χ0n) is 15.8. The van der Waals surface area contributed by atoms with Crippen LogP contribution in [0.2, 0.25) is 5.02 Å². The Balaban J connectivity index is 2.29. The highest BCUT2D eigenvalue weighted by atomic mass is 35.5. The molecule has 1 aromatic rings. The second-order valence-corrected chi connectivity index (χ2v) is 9.41. The number of rotatable bonds is 10. The third-order valence-electron chi connectivity index (χ3n) is 5.06. The minimum absolute atomic E-state index is 0.0931. The van der Waals surface area contributed by atoms with Crippen LogP contribution in [-0.2, 0) is 14.8 Å². The van der Waals surface area contributed by atoms with Crippen molar-refractivity contribution in [1.29, 1.82) is 0 Å². The van der Waals surface area contributed by atoms with Gasteiger partial charge in [-0.1, -0.05) is 44.2 Å². The van der Waals surface area contributed by atoms with Gasteiger partial charge in [0.15, 0.2) is 5.78 Å². The van der Waals surface area contributed by atoms with Gasteiger partial charge in [-0.15, -0.1) is 0 Å². The van der Waals surface area contributed by atoms with E-state index in [9.17, 15) is 18.0 Å². The maximum atomic E-state index is 13.0. The summed E-state index contributed by atoms with van der Waals surface area (Å²) in [5.41, 5.74) is 0.193. The number of hydrogen-bond acceptors (Lipinski definition) is 4. The highest BCUT2D eigenvalue weighted by molar-refractivity contribution is 7.89. The van der Waals surface area contributed by atoms with Gasteiger partial charge in [0, 0.05) is 31.0 Å². The van der Waals surface area contributed by atoms with Crippen LogP contribution >= 0.6 is 11.6 Å². The third-order valence-corrected chi connectivity index (χ3v) is 7.29. The number of carbonyl (C=O) groups is 2. The molecule has 2 rings (SSSR count). The number of piperidine rings is 1. The summed E-state index contributed by atoms with van der Waals surface area (Å²) in [6, 6.07) is 4.30. The molecule has 1 atom stereocenters. The molecule has 1 saturated heterocycles. The summed E-state index contributed by atoms with van der Waals surface area (Å²) in [6.07, 6.45) is 7.05. The fourth-order valence-electron chi connectivity index (χ4n) is 3.44. The van der Waals surface area contributed by atoms with Crippen molar-refractivity contribution in [2.75, 3.05) is 13.1 Å². The van der Waals surface area contributed by atoms with Gasteiger partial charge in [0.05, 0.1) is 9.92 Å². The van der Waals surface area contributed by atoms with Gasteiger partial charge >= 0.3 is 0 Å². The molecular formula is C20H28ClNO4S. The number of hydrogen-bond donors (Lipinski definition) is 0. The first-order valence-corrected chi connectivity index (χ1v) is 11.5. The lowest BCUT2D eigenvalue weighted by Crippen LogP contribution is -2.35. The first-order valence-electron chi connectivity index (χ1n) is 9.69. The van der Waals surface area contributed by atoms with Crippen molar-refractivity contribution < 1.29 is 18.0 Å². The largest absolute Gasteiger partial charge is 0.303 e. The van der Waals surface area contributed by atoms with Gasteiger partial charge in [-0.05, 0) is 37.5 Å². The van der Waals surface area contributed by atoms with E-state index in [4.69, 9.17) is 11.6 Å². The quantitative estimate of drug-likeness (QED) is 0.322. The van der Waals surface area contributed by atoms with Crippen molar-refractivity contribution in [2.45, 2.75) is 63.2 Å². The molecule has 0 spiro atoms. The Morgan fingerprint density at radius 3 is 2.56 bits per heavy atom. The number of ketones is 1. The number of halogens is 1. The molecule has 1 aliphatic heterocycles. The molecule has 0 saturated carbocycles. The monoisotopic (exact) mass is 413 g/mol. The molecule has 7 heteroatoms. The molecule has 0 bridgehead atoms. The molecule has 1 unspecified atom stereocenters. The predicted molar refractivity (Wildman–Crippen MR) is 107 cm³/mol. The van der Waals surface area contributed by atoms with E-state index in [0.29, 0.717) is 19.5 Å². The van der Waals surface area contributed by atoms with E-state index in [2.05, 4.69) is 6.92 Å². The SMILES string of the molecule is CCCCCC(CC=O)C(=O)c1cc(S(=O)(=O)N2CCCCC2)ccc1Cl. The van der Waals surface area contributed by atoms with E-state index in [1.807, 2.05) is 0 Å². The molecule has 0 radical (unpaired) electrons. The van der Waals surface area contributed by atoms with E-state index in [1.54, 1.807) is 0 Å². The van der Waals surface area contributed by atoms with E-state index < -0.39 is 15.9 Å². The first-order chi connectivity index (χ1) is 12.9. The molecule has 1 fully saturated rings. The molecular weight excluding hydrogens is 386 g/mol. The average Bonchev–Trinajstić information content (AvgIpc) is 2.68. The Morgan fingerprint density at radius 1 is 1.22 bits per heavy atom. The van der Waals surface area contributed by atoms with Crippen LogP contribution in [0.4, 0.5) is 0 Å². The maximum absolute atomic E-state index is 13.0. The van der Waals surface area contributed by atoms with Gasteiger partial charge in [-0.3, -0.25) is 4.79 Å². The van der Waals surface area contributed by atoms with Crippen LogP contribution in [0, 0.1) is 5.92 Å². The van der Waals surface area contributed by atoms with Gasteiger partial charge in [-0.25, -0.2) is 8.42 Å². The summed E-state index contributed by atoms with van der Waals surface area (Å²) in [4.78, 5) is 24.1. The van der Waals surface area contributed by atoms with E-state index >= 15 is 0 Å². The molecule has 1 aromatic carbocycles. The van der Waals surface area contributed by atoms with Gasteiger partial charge < -0.3 is 4.79 Å². The smallest absolute Gasteiger partial charge is 0.243 e. The summed E-state index contributed by atoms with van der Waals surface area (Å²) in [5.74, 6) is -0.710. The average molecular weight is 414 g/mol. The van der Waals surface area contributed by atoms with Crippen LogP contribution in [0.5, 0.6) is 0 Å². The summed E-state index contributed by atoms with van der Waals surface area (Å²) in [6.45, 7) is 3.07. The summed E-state index contributed by atoms with van der Waals surface area (Å²) in [5, 5.41) is 0.226. The van der Waals surface area contributed by atoms with Crippen molar-refractivity contribution in [3.05, 3.63) is 28.8 Å². The molecule has 1 aliphatic rings. The minimum atomic E-state index is -3.64. The van der Waals surface area contributed by atoms with Crippen LogP contribution in [0.15, 0.2) is 23.1 Å². The topological polar surface area (TPSA) is 71.5 Å². The molecule has 0 amide bonds. The fraction of sp³-hybridized carbons (Fsp3) is 0.600. The van der Waals surface area contributed by atoms with Crippen LogP contribution in [-0.4, -0.2) is 37.9 Å². The summed E-state index contributed by atoms with van der Waals surface area (Å²) < 4.78 is 27.3. The number of Topliss-reactive ketones (excluding diaryl/α,β-unsaturated/α-hetero) is 1. The van der Waals surface area contributed by atoms with Crippen molar-refractivity contribution in [3.63, 3.8) is 0 Å². The number of benzene rings is 1. The Morgan fingerprint density at radius 2 is 1.93 bits per heavy atom. The van der Waals surface area contributed by atoms with Crippen molar-refractivity contribution >= 4 is 33.7 Å². The lowest BCUT2D eigenvalue weighted by Gasteiger charge is -2.26. The van der Waals surface area contributed by atoms with Crippen LogP contribution in [0.25, 0.3) is 0 Å². The van der Waals surface area contributed by atoms with Gasteiger partial charge in [0.1, 0.15) is 6.29 Å². The molecule has 27 heavy (non-hydrogen) atoms. The number of nitrogens with zero attached hydrogens (tertiary/aromatic N) is 1. The first kappa shape index (κ1) is 22.1. The molecule has 0 aromatic heterocycles. The molecule has 0 N–H and O–H groups in total. The van der Waals surface area contributed by atoms with Crippen molar-refractivity contribution in [3.8, 4) is 0 Å². The molecule has 150 valence electrons. The van der Waals surface area contributed by atoms with E-state index in [-0.39, 0.29) is 27.7 Å². The van der Waals surface area contributed by atoms with Crippen LogP contribution in [0.1, 0.15) is 68.6 Å². The van der Waals surface area contributed by atoms with Gasteiger partial charge in [0.2, 0.25) is 10.0 Å². The van der Waals surface area contributed by atoms with E-state index in [0.717, 1.165) is 44.8 Å². The minimum Gasteiger partial charge on any atom is -0.303 e. The number of aldehydes is 1. The Hall–Kier alpha value is -1.24. The zero-order chi connectivity index (χ0) is 19.9. The Labute approximate surface area is 167 Å². The highest BCUT2D eigenvalue weighted by Gasteiger charge is 2.28. The van der Waals surface area contributed by atoms with Crippen molar-refractivity contribution in [2.24, 2.45) is 5.92 Å². The number of unbranched alkanes of at least 4 members (excludes halogenated alkanes) is 2. The van der Waals surface area contributed by atoms with Crippen LogP contribution in [0.3, 0.4) is 0 Å². The molecule has 1 heterocycles. The van der Waals surface area contributed by atoms with Gasteiger partial charge in [0.25, 0.3) is 0 Å². The number of carbonyl (C=O) groups excluding carboxylic acids is 2. The van der Waals surface area contributed by atoms with Crippen LogP contribution < -0.4 is 0 Å². The van der Waals surface area contributed by atoms with E-state index in [1.165, 1.54) is 22.5 Å². The maximum Gasteiger partial charge on any atom is 0.243 e. The molecule has 0 aliphatic carbocycles. The second kappa shape index (κ2) is 10.3. The number of sulfonamides is 1. The Kier molecular flexibility index (Phi) is 8.45.